The highest BCUT2D eigenvalue weighted by Crippen LogP contribution is 2.25. The molecule has 0 unspecified atom stereocenters. The fourth-order valence-corrected chi connectivity index (χ4v) is 3.53. The lowest BCUT2D eigenvalue weighted by Crippen LogP contribution is -2.32. The summed E-state index contributed by atoms with van der Waals surface area (Å²) in [6.45, 7) is 9.08. The normalized spacial score (nSPS) is 11.8. The van der Waals surface area contributed by atoms with Crippen molar-refractivity contribution in [1.29, 1.82) is 0 Å². The van der Waals surface area contributed by atoms with E-state index in [0.717, 1.165) is 6.07 Å². The minimum Gasteiger partial charge on any atom is -0.399 e. The molecule has 0 bridgehead atoms. The van der Waals surface area contributed by atoms with Crippen LogP contribution in [0.15, 0.2) is 29.2 Å². The van der Waals surface area contributed by atoms with E-state index in [1.807, 2.05) is 0 Å². The van der Waals surface area contributed by atoms with E-state index in [1.54, 1.807) is 13.8 Å². The first-order valence-electron chi connectivity index (χ1n) is 5.90. The average Bonchev–Trinajstić information content (AvgIpc) is 2.30. The average molecular weight is 286 g/mol. The van der Waals surface area contributed by atoms with Crippen LogP contribution in [-0.4, -0.2) is 25.8 Å². The Morgan fingerprint density at radius 2 is 2.05 bits per heavy atom. The Morgan fingerprint density at radius 1 is 1.47 bits per heavy atom. The lowest BCUT2D eigenvalue weighted by Gasteiger charge is -2.22. The Labute approximate surface area is 113 Å². The van der Waals surface area contributed by atoms with Gasteiger partial charge in [0.05, 0.1) is 4.90 Å². The van der Waals surface area contributed by atoms with Gasteiger partial charge in [-0.25, -0.2) is 12.8 Å². The molecule has 0 radical (unpaired) electrons. The first-order valence-corrected chi connectivity index (χ1v) is 7.34. The molecule has 0 atom stereocenters. The van der Waals surface area contributed by atoms with Gasteiger partial charge in [-0.05, 0) is 26.0 Å². The highest BCUT2D eigenvalue weighted by atomic mass is 32.2. The van der Waals surface area contributed by atoms with Gasteiger partial charge in [0.1, 0.15) is 5.82 Å². The second kappa shape index (κ2) is 5.71. The largest absolute Gasteiger partial charge is 0.399 e. The Bertz CT molecular complexity index is 597. The second-order valence-corrected chi connectivity index (χ2v) is 6.42. The highest BCUT2D eigenvalue weighted by molar-refractivity contribution is 7.89. The molecular weight excluding hydrogens is 267 g/mol. The maximum Gasteiger partial charge on any atom is 0.243 e. The zero-order valence-corrected chi connectivity index (χ0v) is 12.2. The molecule has 0 amide bonds. The molecule has 19 heavy (non-hydrogen) atoms. The maximum absolute atomic E-state index is 13.6. The van der Waals surface area contributed by atoms with Crippen molar-refractivity contribution < 1.29 is 12.8 Å². The highest BCUT2D eigenvalue weighted by Gasteiger charge is 2.26. The lowest BCUT2D eigenvalue weighted by atomic mass is 10.2. The number of likely N-dealkylation sites (N-methyl/N-ethyl adjacent to an activating group) is 1. The van der Waals surface area contributed by atoms with Gasteiger partial charge < -0.3 is 5.73 Å². The predicted octanol–water partition coefficient (Wildman–Crippen LogP) is 2.30. The van der Waals surface area contributed by atoms with Crippen molar-refractivity contribution in [2.24, 2.45) is 0 Å². The molecule has 1 rings (SSSR count). The molecule has 106 valence electrons. The summed E-state index contributed by atoms with van der Waals surface area (Å²) in [5, 5.41) is 0. The second-order valence-electron chi connectivity index (χ2n) is 4.51. The standard InChI is InChI=1S/C13H19FN2O2S/c1-5-16(8-9(2)3)19(17,18)13-7-11(15)6-12(14)10(13)4/h6-7H,2,5,8,15H2,1,3-4H3. The molecule has 2 N–H and O–H groups in total. The van der Waals surface area contributed by atoms with Crippen LogP contribution in [0.1, 0.15) is 19.4 Å². The molecule has 0 aliphatic heterocycles. The van der Waals surface area contributed by atoms with Crippen LogP contribution in [0.4, 0.5) is 10.1 Å². The van der Waals surface area contributed by atoms with E-state index in [1.165, 1.54) is 17.3 Å². The number of sulfonamides is 1. The summed E-state index contributed by atoms with van der Waals surface area (Å²) in [5.41, 5.74) is 6.41. The Morgan fingerprint density at radius 3 is 2.53 bits per heavy atom. The first kappa shape index (κ1) is 15.7. The molecule has 4 nitrogen and oxygen atoms in total. The molecular formula is C13H19FN2O2S. The van der Waals surface area contributed by atoms with Crippen molar-refractivity contribution >= 4 is 15.7 Å². The molecule has 0 aromatic heterocycles. The monoisotopic (exact) mass is 286 g/mol. The summed E-state index contributed by atoms with van der Waals surface area (Å²) in [4.78, 5) is -0.0897. The fraction of sp³-hybridized carbons (Fsp3) is 0.385. The molecule has 0 spiro atoms. The zero-order chi connectivity index (χ0) is 14.8. The summed E-state index contributed by atoms with van der Waals surface area (Å²) >= 11 is 0. The smallest absolute Gasteiger partial charge is 0.243 e. The topological polar surface area (TPSA) is 63.4 Å². The van der Waals surface area contributed by atoms with Crippen molar-refractivity contribution in [3.63, 3.8) is 0 Å². The Balaban J connectivity index is 3.37. The van der Waals surface area contributed by atoms with Crippen molar-refractivity contribution in [1.82, 2.24) is 4.31 Å². The van der Waals surface area contributed by atoms with Crippen molar-refractivity contribution in [3.05, 3.63) is 35.7 Å². The van der Waals surface area contributed by atoms with E-state index in [-0.39, 0.29) is 29.2 Å². The maximum atomic E-state index is 13.6. The van der Waals surface area contributed by atoms with E-state index in [2.05, 4.69) is 6.58 Å². The molecule has 0 aliphatic rings. The zero-order valence-electron chi connectivity index (χ0n) is 11.4. The minimum absolute atomic E-state index is 0.0781. The summed E-state index contributed by atoms with van der Waals surface area (Å²) < 4.78 is 39.8. The van der Waals surface area contributed by atoms with Gasteiger partial charge in [-0.15, -0.1) is 0 Å². The van der Waals surface area contributed by atoms with E-state index in [0.29, 0.717) is 5.57 Å². The van der Waals surface area contributed by atoms with Gasteiger partial charge in [-0.3, -0.25) is 0 Å². The molecule has 1 aromatic carbocycles. The molecule has 0 saturated heterocycles. The SMILES string of the molecule is C=C(C)CN(CC)S(=O)(=O)c1cc(N)cc(F)c1C. The third-order valence-electron chi connectivity index (χ3n) is 2.74. The fourth-order valence-electron chi connectivity index (χ4n) is 1.75. The van der Waals surface area contributed by atoms with Gasteiger partial charge in [0.2, 0.25) is 10.0 Å². The van der Waals surface area contributed by atoms with E-state index < -0.39 is 15.8 Å². The van der Waals surface area contributed by atoms with Crippen molar-refractivity contribution in [2.45, 2.75) is 25.7 Å². The van der Waals surface area contributed by atoms with Gasteiger partial charge >= 0.3 is 0 Å². The third kappa shape index (κ3) is 3.33. The molecule has 0 saturated carbocycles. The third-order valence-corrected chi connectivity index (χ3v) is 4.78. The van der Waals surface area contributed by atoms with Gasteiger partial charge in [-0.2, -0.15) is 4.31 Å². The Hall–Kier alpha value is -1.40. The van der Waals surface area contributed by atoms with Gasteiger partial charge in [0.25, 0.3) is 0 Å². The number of hydrogen-bond acceptors (Lipinski definition) is 3. The number of nitrogens with zero attached hydrogens (tertiary/aromatic N) is 1. The number of nitrogens with two attached hydrogens (primary N) is 1. The molecule has 0 heterocycles. The van der Waals surface area contributed by atoms with Crippen LogP contribution < -0.4 is 5.73 Å². The first-order chi connectivity index (χ1) is 8.70. The van der Waals surface area contributed by atoms with Crippen LogP contribution in [-0.2, 0) is 10.0 Å². The number of hydrogen-bond donors (Lipinski definition) is 1. The lowest BCUT2D eigenvalue weighted by molar-refractivity contribution is 0.451. The van der Waals surface area contributed by atoms with E-state index >= 15 is 0 Å². The summed E-state index contributed by atoms with van der Waals surface area (Å²) in [6, 6.07) is 2.40. The van der Waals surface area contributed by atoms with Crippen LogP contribution in [0.5, 0.6) is 0 Å². The molecule has 6 heteroatoms. The van der Waals surface area contributed by atoms with Crippen LogP contribution in [0, 0.1) is 12.7 Å². The minimum atomic E-state index is -3.77. The molecule has 0 aliphatic carbocycles. The van der Waals surface area contributed by atoms with Crippen molar-refractivity contribution in [2.75, 3.05) is 18.8 Å². The number of benzene rings is 1. The van der Waals surface area contributed by atoms with Crippen LogP contribution >= 0.6 is 0 Å². The number of rotatable bonds is 5. The molecule has 1 aromatic rings. The van der Waals surface area contributed by atoms with E-state index in [9.17, 15) is 12.8 Å². The van der Waals surface area contributed by atoms with Gasteiger partial charge in [-0.1, -0.05) is 19.1 Å². The van der Waals surface area contributed by atoms with Gasteiger partial charge in [0.15, 0.2) is 0 Å². The predicted molar refractivity (Wildman–Crippen MR) is 74.8 cm³/mol. The van der Waals surface area contributed by atoms with Gasteiger partial charge in [0, 0.05) is 24.3 Å². The quantitative estimate of drug-likeness (QED) is 0.667. The summed E-state index contributed by atoms with van der Waals surface area (Å²) in [5.74, 6) is -0.620. The molecule has 0 fully saturated rings. The van der Waals surface area contributed by atoms with Crippen molar-refractivity contribution in [3.8, 4) is 0 Å². The van der Waals surface area contributed by atoms with Crippen LogP contribution in [0.25, 0.3) is 0 Å². The van der Waals surface area contributed by atoms with Crippen LogP contribution in [0.2, 0.25) is 0 Å². The van der Waals surface area contributed by atoms with Crippen LogP contribution in [0.3, 0.4) is 0 Å². The summed E-state index contributed by atoms with van der Waals surface area (Å²) in [7, 11) is -3.77. The number of anilines is 1. The number of halogens is 1. The van der Waals surface area contributed by atoms with E-state index in [4.69, 9.17) is 5.73 Å². The summed E-state index contributed by atoms with van der Waals surface area (Å²) in [6.07, 6.45) is 0. The number of nitrogen functional groups attached to an aromatic ring is 1. The Kier molecular flexibility index (Phi) is 4.70.